The number of nitrogens with one attached hydrogen (secondary N) is 1. The first kappa shape index (κ1) is 7.34. The highest BCUT2D eigenvalue weighted by atomic mass is 19.2. The summed E-state index contributed by atoms with van der Waals surface area (Å²) in [5, 5.41) is 8.04. The van der Waals surface area contributed by atoms with E-state index in [2.05, 4.69) is 4.74 Å². The monoisotopic (exact) mass is 118 g/mol. The van der Waals surface area contributed by atoms with E-state index in [-0.39, 0.29) is 6.73 Å². The van der Waals surface area contributed by atoms with Gasteiger partial charge >= 0.3 is 0 Å². The minimum absolute atomic E-state index is 0.227. The molecule has 0 saturated heterocycles. The maximum Gasteiger partial charge on any atom is 0.143 e. The zero-order chi connectivity index (χ0) is 6.41. The Morgan fingerprint density at radius 1 is 2.00 bits per heavy atom. The molecule has 0 fully saturated rings. The van der Waals surface area contributed by atoms with Gasteiger partial charge in [0, 0.05) is 0 Å². The number of nitrogens with zero attached hydrogens (tertiary/aromatic N) is 1. The molecule has 0 spiro atoms. The van der Waals surface area contributed by atoms with Gasteiger partial charge in [0.15, 0.2) is 0 Å². The summed E-state index contributed by atoms with van der Waals surface area (Å²) in [5.41, 5.74) is 1.26. The molecule has 0 rings (SSSR count). The number of hydrogen-bond donors (Lipinski definition) is 1. The Hall–Kier alpha value is -0.660. The second-order valence-electron chi connectivity index (χ2n) is 1.22. The van der Waals surface area contributed by atoms with E-state index in [0.29, 0.717) is 0 Å². The molecule has 0 bridgehead atoms. The van der Waals surface area contributed by atoms with Crippen LogP contribution in [0.1, 0.15) is 6.92 Å². The van der Waals surface area contributed by atoms with E-state index in [1.54, 1.807) is 6.07 Å². The van der Waals surface area contributed by atoms with E-state index in [9.17, 15) is 4.48 Å². The molecule has 0 radical (unpaired) electrons. The molecular formula is C4H7FN2O. The predicted molar refractivity (Wildman–Crippen MR) is 25.3 cm³/mol. The van der Waals surface area contributed by atoms with Crippen molar-refractivity contribution in [2.24, 2.45) is 0 Å². The van der Waals surface area contributed by atoms with Gasteiger partial charge in [-0.1, -0.05) is 0 Å². The molecule has 0 aromatic rings. The van der Waals surface area contributed by atoms with Crippen molar-refractivity contribution in [2.75, 3.05) is 6.73 Å². The van der Waals surface area contributed by atoms with Crippen molar-refractivity contribution in [2.45, 2.75) is 13.0 Å². The normalized spacial score (nSPS) is 12.6. The Balaban J connectivity index is 3.02. The van der Waals surface area contributed by atoms with Crippen molar-refractivity contribution in [1.29, 1.82) is 5.26 Å². The lowest BCUT2D eigenvalue weighted by Crippen LogP contribution is -2.13. The highest BCUT2D eigenvalue weighted by Gasteiger charge is 1.94. The molecule has 0 aliphatic carbocycles. The fraction of sp³-hybridized carbons (Fsp3) is 0.750. The van der Waals surface area contributed by atoms with E-state index in [1.165, 1.54) is 12.5 Å². The highest BCUT2D eigenvalue weighted by molar-refractivity contribution is 4.78. The van der Waals surface area contributed by atoms with Crippen LogP contribution in [0.2, 0.25) is 0 Å². The molecule has 1 atom stereocenters. The summed E-state index contributed by atoms with van der Waals surface area (Å²) in [5.74, 6) is 0. The number of halogens is 1. The minimum Gasteiger partial charge on any atom is -0.346 e. The van der Waals surface area contributed by atoms with E-state index < -0.39 is 6.10 Å². The van der Waals surface area contributed by atoms with Crippen LogP contribution in [0.4, 0.5) is 4.48 Å². The van der Waals surface area contributed by atoms with Gasteiger partial charge in [-0.2, -0.15) is 5.26 Å². The zero-order valence-corrected chi connectivity index (χ0v) is 4.52. The van der Waals surface area contributed by atoms with Crippen molar-refractivity contribution >= 4 is 0 Å². The maximum absolute atomic E-state index is 11.0. The van der Waals surface area contributed by atoms with Gasteiger partial charge in [0.25, 0.3) is 0 Å². The van der Waals surface area contributed by atoms with Gasteiger partial charge in [-0.15, -0.1) is 10.0 Å². The summed E-state index contributed by atoms with van der Waals surface area (Å²) >= 11 is 0. The Morgan fingerprint density at radius 3 is 3.00 bits per heavy atom. The number of rotatable bonds is 3. The lowest BCUT2D eigenvalue weighted by atomic mass is 10.5. The predicted octanol–water partition coefficient (Wildman–Crippen LogP) is 0.347. The van der Waals surface area contributed by atoms with E-state index in [0.717, 1.165) is 0 Å². The summed E-state index contributed by atoms with van der Waals surface area (Å²) in [4.78, 5) is 0. The molecule has 0 heterocycles. The van der Waals surface area contributed by atoms with Crippen LogP contribution in [-0.4, -0.2) is 12.8 Å². The smallest absolute Gasteiger partial charge is 0.143 e. The van der Waals surface area contributed by atoms with Gasteiger partial charge in [0.05, 0.1) is 6.07 Å². The second-order valence-corrected chi connectivity index (χ2v) is 1.22. The van der Waals surface area contributed by atoms with Crippen molar-refractivity contribution in [3.63, 3.8) is 0 Å². The fourth-order valence-electron chi connectivity index (χ4n) is 0.194. The summed E-state index contributed by atoms with van der Waals surface area (Å²) in [7, 11) is 0. The molecular weight excluding hydrogens is 111 g/mol. The van der Waals surface area contributed by atoms with Crippen molar-refractivity contribution in [1.82, 2.24) is 5.54 Å². The summed E-state index contributed by atoms with van der Waals surface area (Å²) < 4.78 is 15.5. The maximum atomic E-state index is 11.0. The van der Waals surface area contributed by atoms with Crippen LogP contribution in [-0.2, 0) is 4.74 Å². The average molecular weight is 118 g/mol. The van der Waals surface area contributed by atoms with Gasteiger partial charge in [0.1, 0.15) is 12.8 Å². The Bertz CT molecular complexity index is 90.5. The van der Waals surface area contributed by atoms with Crippen LogP contribution in [0.3, 0.4) is 0 Å². The molecule has 1 N–H and O–H groups in total. The Kier molecular flexibility index (Phi) is 4.13. The van der Waals surface area contributed by atoms with E-state index >= 15 is 0 Å². The molecule has 0 aliphatic rings. The van der Waals surface area contributed by atoms with Crippen LogP contribution in [0.5, 0.6) is 0 Å². The second kappa shape index (κ2) is 4.50. The summed E-state index contributed by atoms with van der Waals surface area (Å²) in [6.45, 7) is 1.31. The first-order chi connectivity index (χ1) is 3.81. The standard InChI is InChI=1S/C4H7FN2O/c1-4(2-6)8-3-7-5/h4,7H,3H2,1H3. The largest absolute Gasteiger partial charge is 0.346 e. The number of nitriles is 1. The van der Waals surface area contributed by atoms with Gasteiger partial charge < -0.3 is 4.74 Å². The lowest BCUT2D eigenvalue weighted by Gasteiger charge is -1.99. The first-order valence-electron chi connectivity index (χ1n) is 2.16. The molecule has 8 heavy (non-hydrogen) atoms. The molecule has 0 saturated carbocycles. The van der Waals surface area contributed by atoms with Crippen molar-refractivity contribution in [3.8, 4) is 6.07 Å². The molecule has 3 nitrogen and oxygen atoms in total. The molecule has 4 heteroatoms. The van der Waals surface area contributed by atoms with Gasteiger partial charge in [-0.05, 0) is 6.92 Å². The molecule has 1 unspecified atom stereocenters. The zero-order valence-electron chi connectivity index (χ0n) is 4.52. The molecule has 0 amide bonds. The molecule has 0 aromatic carbocycles. The van der Waals surface area contributed by atoms with Gasteiger partial charge in [0.2, 0.25) is 0 Å². The number of ether oxygens (including phenoxy) is 1. The molecule has 46 valence electrons. The number of hydrogen-bond acceptors (Lipinski definition) is 3. The van der Waals surface area contributed by atoms with Crippen molar-refractivity contribution < 1.29 is 9.22 Å². The summed E-state index contributed by atoms with van der Waals surface area (Å²) in [6.07, 6.45) is -0.543. The van der Waals surface area contributed by atoms with Crippen LogP contribution >= 0.6 is 0 Å². The van der Waals surface area contributed by atoms with Gasteiger partial charge in [-0.3, -0.25) is 0 Å². The third-order valence-electron chi connectivity index (χ3n) is 0.570. The van der Waals surface area contributed by atoms with Crippen LogP contribution in [0, 0.1) is 11.3 Å². The van der Waals surface area contributed by atoms with Crippen LogP contribution in [0.25, 0.3) is 0 Å². The van der Waals surface area contributed by atoms with Gasteiger partial charge in [-0.25, -0.2) is 0 Å². The highest BCUT2D eigenvalue weighted by Crippen LogP contribution is 1.83. The van der Waals surface area contributed by atoms with Crippen molar-refractivity contribution in [3.05, 3.63) is 0 Å². The molecule has 0 aliphatic heterocycles. The first-order valence-corrected chi connectivity index (χ1v) is 2.16. The van der Waals surface area contributed by atoms with Crippen LogP contribution in [0.15, 0.2) is 0 Å². The fourth-order valence-corrected chi connectivity index (χ4v) is 0.194. The quantitative estimate of drug-likeness (QED) is 0.429. The third kappa shape index (κ3) is 3.53. The SMILES string of the molecule is CC(C#N)OCNF. The topological polar surface area (TPSA) is 45.0 Å². The summed E-state index contributed by atoms with van der Waals surface area (Å²) in [6, 6.07) is 1.77. The van der Waals surface area contributed by atoms with E-state index in [1.807, 2.05) is 0 Å². The Labute approximate surface area is 47.0 Å². The van der Waals surface area contributed by atoms with Crippen LogP contribution < -0.4 is 5.54 Å². The third-order valence-corrected chi connectivity index (χ3v) is 0.570. The Morgan fingerprint density at radius 2 is 2.62 bits per heavy atom. The van der Waals surface area contributed by atoms with E-state index in [4.69, 9.17) is 5.26 Å². The minimum atomic E-state index is -0.543. The molecule has 0 aromatic heterocycles. The lowest BCUT2D eigenvalue weighted by molar-refractivity contribution is 0.0483. The average Bonchev–Trinajstić information content (AvgIpc) is 1.83.